The Morgan fingerprint density at radius 3 is 3.00 bits per heavy atom. The van der Waals surface area contributed by atoms with Crippen molar-refractivity contribution in [2.75, 3.05) is 19.6 Å². The number of aliphatic hydroxyl groups is 1. The van der Waals surface area contributed by atoms with Crippen LogP contribution < -0.4 is 5.32 Å². The topological polar surface area (TPSA) is 52.6 Å². The molecule has 2 atom stereocenters. The van der Waals surface area contributed by atoms with Gasteiger partial charge < -0.3 is 15.3 Å². The predicted molar refractivity (Wildman–Crippen MR) is 84.9 cm³/mol. The molecule has 2 aliphatic heterocycles. The first-order chi connectivity index (χ1) is 10.1. The summed E-state index contributed by atoms with van der Waals surface area (Å²) in [4.78, 5) is 14.5. The highest BCUT2D eigenvalue weighted by molar-refractivity contribution is 9.10. The number of halogens is 1. The largest absolute Gasteiger partial charge is 0.391 e. The Hall–Kier alpha value is -0.910. The third kappa shape index (κ3) is 3.47. The van der Waals surface area contributed by atoms with Gasteiger partial charge in [-0.1, -0.05) is 22.0 Å². The molecule has 0 aromatic heterocycles. The molecule has 2 N–H and O–H groups in total. The van der Waals surface area contributed by atoms with Crippen molar-refractivity contribution in [3.05, 3.63) is 33.8 Å². The number of hydrogen-bond donors (Lipinski definition) is 2. The summed E-state index contributed by atoms with van der Waals surface area (Å²) < 4.78 is 1.10. The Morgan fingerprint density at radius 1 is 1.38 bits per heavy atom. The van der Waals surface area contributed by atoms with Crippen molar-refractivity contribution >= 4 is 21.8 Å². The van der Waals surface area contributed by atoms with Crippen molar-refractivity contribution in [2.45, 2.75) is 31.9 Å². The lowest BCUT2D eigenvalue weighted by Crippen LogP contribution is -2.34. The van der Waals surface area contributed by atoms with Crippen LogP contribution in [0.5, 0.6) is 0 Å². The van der Waals surface area contributed by atoms with Crippen LogP contribution in [0, 0.1) is 5.92 Å². The van der Waals surface area contributed by atoms with Crippen LogP contribution in [0.25, 0.3) is 0 Å². The lowest BCUT2D eigenvalue weighted by Gasteiger charge is -2.23. The summed E-state index contributed by atoms with van der Waals surface area (Å²) >= 11 is 3.51. The van der Waals surface area contributed by atoms with E-state index in [1.165, 1.54) is 11.1 Å². The second-order valence-corrected chi connectivity index (χ2v) is 6.94. The molecule has 2 aliphatic rings. The second kappa shape index (κ2) is 6.46. The van der Waals surface area contributed by atoms with Gasteiger partial charge in [-0.05, 0) is 36.1 Å². The molecular formula is C16H21BrN2O2. The standard InChI is InChI=1S/C16H21BrN2O2/c17-14-4-3-12-10-19(5-1-2-11(12)6-14)16(21)7-13-8-18-9-15(13)20/h3-4,6,13,15,18,20H,1-2,5,7-10H2/t13-,15-/m1/s1. The molecule has 0 spiro atoms. The number of fused-ring (bicyclic) bond motifs is 1. The van der Waals surface area contributed by atoms with Crippen LogP contribution in [0.4, 0.5) is 0 Å². The van der Waals surface area contributed by atoms with Gasteiger partial charge in [0, 0.05) is 43.0 Å². The van der Waals surface area contributed by atoms with E-state index < -0.39 is 0 Å². The van der Waals surface area contributed by atoms with Gasteiger partial charge in [0.05, 0.1) is 6.10 Å². The van der Waals surface area contributed by atoms with Gasteiger partial charge in [0.1, 0.15) is 0 Å². The SMILES string of the molecule is O=C(C[C@@H]1CNC[C@H]1O)N1CCCc2cc(Br)ccc2C1. The van der Waals surface area contributed by atoms with Crippen molar-refractivity contribution in [1.29, 1.82) is 0 Å². The Kier molecular flexibility index (Phi) is 4.62. The fraction of sp³-hybridized carbons (Fsp3) is 0.562. The third-order valence-corrected chi connectivity index (χ3v) is 4.99. The van der Waals surface area contributed by atoms with E-state index in [0.717, 1.165) is 30.4 Å². The zero-order valence-corrected chi connectivity index (χ0v) is 13.6. The van der Waals surface area contributed by atoms with E-state index in [0.29, 0.717) is 19.5 Å². The molecule has 0 radical (unpaired) electrons. The minimum absolute atomic E-state index is 0.0603. The number of rotatable bonds is 2. The van der Waals surface area contributed by atoms with Gasteiger partial charge in [0.2, 0.25) is 5.91 Å². The van der Waals surface area contributed by atoms with Crippen molar-refractivity contribution in [3.63, 3.8) is 0 Å². The summed E-state index contributed by atoms with van der Waals surface area (Å²) in [6.07, 6.45) is 2.08. The van der Waals surface area contributed by atoms with E-state index in [1.807, 2.05) is 11.0 Å². The smallest absolute Gasteiger partial charge is 0.223 e. The summed E-state index contributed by atoms with van der Waals surface area (Å²) in [6.45, 7) is 2.85. The number of β-amino-alcohol motifs (C(OH)–C–C–N with tert-alkyl or cyclic N) is 1. The van der Waals surface area contributed by atoms with Crippen LogP contribution in [0.2, 0.25) is 0 Å². The molecule has 1 fully saturated rings. The monoisotopic (exact) mass is 352 g/mol. The highest BCUT2D eigenvalue weighted by Crippen LogP contribution is 2.24. The summed E-state index contributed by atoms with van der Waals surface area (Å²) in [5, 5.41) is 13.0. The molecule has 5 heteroatoms. The molecular weight excluding hydrogens is 332 g/mol. The zero-order chi connectivity index (χ0) is 14.8. The van der Waals surface area contributed by atoms with E-state index in [2.05, 4.69) is 33.4 Å². The third-order valence-electron chi connectivity index (χ3n) is 4.50. The van der Waals surface area contributed by atoms with Gasteiger partial charge in [-0.2, -0.15) is 0 Å². The first-order valence-corrected chi connectivity index (χ1v) is 8.36. The number of aliphatic hydroxyl groups excluding tert-OH is 1. The fourth-order valence-corrected chi connectivity index (χ4v) is 3.63. The van der Waals surface area contributed by atoms with Crippen molar-refractivity contribution in [1.82, 2.24) is 10.2 Å². The Bertz CT molecular complexity index is 535. The number of amides is 1. The van der Waals surface area contributed by atoms with Crippen molar-refractivity contribution in [3.8, 4) is 0 Å². The van der Waals surface area contributed by atoms with Crippen LogP contribution in [-0.4, -0.2) is 41.7 Å². The average Bonchev–Trinajstić information content (AvgIpc) is 2.74. The molecule has 0 aliphatic carbocycles. The maximum Gasteiger partial charge on any atom is 0.223 e. The van der Waals surface area contributed by atoms with Crippen LogP contribution in [0.15, 0.2) is 22.7 Å². The molecule has 114 valence electrons. The molecule has 0 bridgehead atoms. The first kappa shape index (κ1) is 15.0. The lowest BCUT2D eigenvalue weighted by atomic mass is 10.0. The molecule has 1 amide bonds. The Labute approximate surface area is 133 Å². The maximum absolute atomic E-state index is 12.5. The van der Waals surface area contributed by atoms with Gasteiger partial charge in [0.15, 0.2) is 0 Å². The van der Waals surface area contributed by atoms with Gasteiger partial charge in [0.25, 0.3) is 0 Å². The minimum atomic E-state index is -0.385. The number of nitrogens with one attached hydrogen (secondary N) is 1. The zero-order valence-electron chi connectivity index (χ0n) is 12.0. The van der Waals surface area contributed by atoms with Crippen molar-refractivity contribution in [2.24, 2.45) is 5.92 Å². The first-order valence-electron chi connectivity index (χ1n) is 7.57. The number of benzene rings is 1. The van der Waals surface area contributed by atoms with E-state index >= 15 is 0 Å². The Morgan fingerprint density at radius 2 is 2.24 bits per heavy atom. The molecule has 0 unspecified atom stereocenters. The number of hydrogen-bond acceptors (Lipinski definition) is 3. The van der Waals surface area contributed by atoms with Crippen LogP contribution in [0.3, 0.4) is 0 Å². The predicted octanol–water partition coefficient (Wildman–Crippen LogP) is 1.69. The van der Waals surface area contributed by atoms with Gasteiger partial charge in [-0.3, -0.25) is 4.79 Å². The van der Waals surface area contributed by atoms with Crippen LogP contribution >= 0.6 is 15.9 Å². The van der Waals surface area contributed by atoms with Crippen LogP contribution in [0.1, 0.15) is 24.0 Å². The minimum Gasteiger partial charge on any atom is -0.391 e. The summed E-state index contributed by atoms with van der Waals surface area (Å²) in [7, 11) is 0. The molecule has 2 heterocycles. The van der Waals surface area contributed by atoms with Gasteiger partial charge >= 0.3 is 0 Å². The fourth-order valence-electron chi connectivity index (χ4n) is 3.22. The second-order valence-electron chi connectivity index (χ2n) is 6.02. The summed E-state index contributed by atoms with van der Waals surface area (Å²) in [6, 6.07) is 6.31. The number of carbonyl (C=O) groups excluding carboxylic acids is 1. The quantitative estimate of drug-likeness (QED) is 0.851. The highest BCUT2D eigenvalue weighted by atomic mass is 79.9. The maximum atomic E-state index is 12.5. The molecule has 3 rings (SSSR count). The highest BCUT2D eigenvalue weighted by Gasteiger charge is 2.29. The van der Waals surface area contributed by atoms with Crippen molar-refractivity contribution < 1.29 is 9.90 Å². The van der Waals surface area contributed by atoms with Gasteiger partial charge in [-0.25, -0.2) is 0 Å². The molecule has 21 heavy (non-hydrogen) atoms. The van der Waals surface area contributed by atoms with Crippen LogP contribution in [-0.2, 0) is 17.8 Å². The molecule has 1 saturated heterocycles. The number of nitrogens with zero attached hydrogens (tertiary/aromatic N) is 1. The summed E-state index contributed by atoms with van der Waals surface area (Å²) in [5.41, 5.74) is 2.58. The average molecular weight is 353 g/mol. The molecule has 4 nitrogen and oxygen atoms in total. The van der Waals surface area contributed by atoms with Gasteiger partial charge in [-0.15, -0.1) is 0 Å². The number of carbonyl (C=O) groups is 1. The molecule has 1 aromatic rings. The molecule has 0 saturated carbocycles. The number of aryl methyl sites for hydroxylation is 1. The van der Waals surface area contributed by atoms with E-state index in [1.54, 1.807) is 0 Å². The van der Waals surface area contributed by atoms with E-state index in [4.69, 9.17) is 0 Å². The summed E-state index contributed by atoms with van der Waals surface area (Å²) in [5.74, 6) is 0.226. The van der Waals surface area contributed by atoms with E-state index in [9.17, 15) is 9.90 Å². The Balaban J connectivity index is 1.68. The lowest BCUT2D eigenvalue weighted by molar-refractivity contribution is -0.133. The molecule has 1 aromatic carbocycles. The van der Waals surface area contributed by atoms with E-state index in [-0.39, 0.29) is 17.9 Å². The normalized spacial score (nSPS) is 25.5.